The summed E-state index contributed by atoms with van der Waals surface area (Å²) in [6, 6.07) is 8.39. The molecule has 5 nitrogen and oxygen atoms in total. The van der Waals surface area contributed by atoms with Gasteiger partial charge in [-0.3, -0.25) is 9.69 Å². The fourth-order valence-corrected chi connectivity index (χ4v) is 4.34. The van der Waals surface area contributed by atoms with Gasteiger partial charge in [-0.25, -0.2) is 0 Å². The zero-order valence-corrected chi connectivity index (χ0v) is 20.3. The van der Waals surface area contributed by atoms with Crippen LogP contribution in [-0.4, -0.2) is 43.5 Å². The van der Waals surface area contributed by atoms with Crippen molar-refractivity contribution >= 4 is 23.2 Å². The molecule has 1 aliphatic carbocycles. The van der Waals surface area contributed by atoms with Gasteiger partial charge in [0.1, 0.15) is 6.07 Å². The number of likely N-dealkylation sites (N-methyl/N-ethyl adjacent to an activating group) is 1. The number of nitriles is 1. The molecule has 2 N–H and O–H groups in total. The Morgan fingerprint density at radius 1 is 1.31 bits per heavy atom. The third-order valence-corrected chi connectivity index (χ3v) is 6.59. The largest absolute Gasteiger partial charge is 0.372 e. The van der Waals surface area contributed by atoms with Gasteiger partial charge in [-0.1, -0.05) is 50.4 Å². The molecule has 0 unspecified atom stereocenters. The maximum Gasteiger partial charge on any atom is 0.244 e. The summed E-state index contributed by atoms with van der Waals surface area (Å²) < 4.78 is 0. The van der Waals surface area contributed by atoms with Crippen LogP contribution in [0.2, 0.25) is 5.02 Å². The Morgan fingerprint density at radius 2 is 1.97 bits per heavy atom. The smallest absolute Gasteiger partial charge is 0.244 e. The molecule has 32 heavy (non-hydrogen) atoms. The summed E-state index contributed by atoms with van der Waals surface area (Å²) in [5.74, 6) is -0.360. The molecule has 172 valence electrons. The molecular formula is C26H35ClN4O. The number of halogens is 1. The molecule has 1 aromatic carbocycles. The summed E-state index contributed by atoms with van der Waals surface area (Å²) in [5, 5.41) is 9.40. The Hall–Kier alpha value is -2.55. The number of primary amides is 1. The molecule has 1 aromatic rings. The number of hydrogen-bond donors (Lipinski definition) is 1. The molecule has 0 saturated heterocycles. The van der Waals surface area contributed by atoms with E-state index in [2.05, 4.69) is 36.4 Å². The predicted octanol–water partition coefficient (Wildman–Crippen LogP) is 5.22. The number of carbonyl (C=O) groups excluding carboxylic acids is 1. The van der Waals surface area contributed by atoms with Crippen molar-refractivity contribution in [2.24, 2.45) is 5.73 Å². The lowest BCUT2D eigenvalue weighted by Gasteiger charge is -2.33. The number of nitrogens with zero attached hydrogens (tertiary/aromatic N) is 3. The number of carbonyl (C=O) groups is 1. The lowest BCUT2D eigenvalue weighted by atomic mass is 9.94. The number of nitrogens with two attached hydrogens (primary N) is 1. The van der Waals surface area contributed by atoms with E-state index < -0.39 is 0 Å². The van der Waals surface area contributed by atoms with Gasteiger partial charge in [0.25, 0.3) is 0 Å². The van der Waals surface area contributed by atoms with Gasteiger partial charge in [0.15, 0.2) is 0 Å². The Bertz CT molecular complexity index is 922. The van der Waals surface area contributed by atoms with Gasteiger partial charge in [-0.05, 0) is 61.7 Å². The normalized spacial score (nSPS) is 17.4. The van der Waals surface area contributed by atoms with Crippen LogP contribution in [0.1, 0.15) is 51.5 Å². The Morgan fingerprint density at radius 3 is 2.50 bits per heavy atom. The summed E-state index contributed by atoms with van der Waals surface area (Å²) in [7, 11) is 2.12. The molecule has 0 aromatic heterocycles. The standard InChI is InChI=1S/C14H17ClN2.C12H18N2O/c1-17(12-5-3-2-4-6-12)13-8-7-11(10-16)14(15)9-13;1-4-10-7-14(5-2)8-11(10)6-9(3)12(13)15/h7-9,12H,2-6H2,1H3;4,6H,1,5,7-8H2,2-3H3,(H2,13,15)/b;9-6+. The van der Waals surface area contributed by atoms with E-state index in [1.807, 2.05) is 24.3 Å². The first kappa shape index (κ1) is 25.7. The zero-order chi connectivity index (χ0) is 23.7. The van der Waals surface area contributed by atoms with Crippen molar-refractivity contribution in [1.82, 2.24) is 4.90 Å². The highest BCUT2D eigenvalue weighted by atomic mass is 35.5. The third-order valence-electron chi connectivity index (χ3n) is 6.28. The minimum absolute atomic E-state index is 0.360. The maximum atomic E-state index is 10.9. The van der Waals surface area contributed by atoms with E-state index in [0.29, 0.717) is 22.2 Å². The van der Waals surface area contributed by atoms with E-state index in [0.717, 1.165) is 30.9 Å². The van der Waals surface area contributed by atoms with E-state index in [1.165, 1.54) is 37.7 Å². The fourth-order valence-electron chi connectivity index (χ4n) is 4.12. The highest BCUT2D eigenvalue weighted by Gasteiger charge is 2.19. The molecule has 0 bridgehead atoms. The molecule has 0 radical (unpaired) electrons. The Labute approximate surface area is 197 Å². The highest BCUT2D eigenvalue weighted by molar-refractivity contribution is 6.32. The molecule has 1 aliphatic heterocycles. The second-order valence-electron chi connectivity index (χ2n) is 8.43. The molecular weight excluding hydrogens is 420 g/mol. The van der Waals surface area contributed by atoms with Gasteiger partial charge >= 0.3 is 0 Å². The molecule has 2 aliphatic rings. The second kappa shape index (κ2) is 12.5. The number of hydrogen-bond acceptors (Lipinski definition) is 4. The number of amides is 1. The number of benzene rings is 1. The molecule has 6 heteroatoms. The van der Waals surface area contributed by atoms with Gasteiger partial charge in [0.05, 0.1) is 10.6 Å². The number of anilines is 1. The van der Waals surface area contributed by atoms with Crippen LogP contribution < -0.4 is 10.6 Å². The van der Waals surface area contributed by atoms with Gasteiger partial charge in [-0.2, -0.15) is 5.26 Å². The molecule has 0 spiro atoms. The summed E-state index contributed by atoms with van der Waals surface area (Å²) in [5.41, 5.74) is 9.81. The quantitative estimate of drug-likeness (QED) is 0.598. The van der Waals surface area contributed by atoms with Gasteiger partial charge in [0, 0.05) is 37.4 Å². The average molecular weight is 455 g/mol. The summed E-state index contributed by atoms with van der Waals surface area (Å²) in [6.45, 7) is 10.4. The minimum Gasteiger partial charge on any atom is -0.372 e. The number of rotatable bonds is 6. The van der Waals surface area contributed by atoms with Crippen molar-refractivity contribution in [3.8, 4) is 6.07 Å². The van der Waals surface area contributed by atoms with E-state index in [4.69, 9.17) is 22.6 Å². The van der Waals surface area contributed by atoms with E-state index >= 15 is 0 Å². The van der Waals surface area contributed by atoms with Gasteiger partial charge in [0.2, 0.25) is 5.91 Å². The fraction of sp³-hybridized carbons (Fsp3) is 0.462. The monoisotopic (exact) mass is 454 g/mol. The van der Waals surface area contributed by atoms with Crippen molar-refractivity contribution in [3.05, 3.63) is 64.2 Å². The zero-order valence-electron chi connectivity index (χ0n) is 19.5. The van der Waals surface area contributed by atoms with Crippen LogP contribution in [-0.2, 0) is 4.79 Å². The lowest BCUT2D eigenvalue weighted by molar-refractivity contribution is -0.114. The van der Waals surface area contributed by atoms with Crippen LogP contribution in [0.3, 0.4) is 0 Å². The van der Waals surface area contributed by atoms with E-state index in [9.17, 15) is 4.79 Å². The molecule has 0 atom stereocenters. The van der Waals surface area contributed by atoms with Crippen LogP contribution in [0.15, 0.2) is 53.6 Å². The molecule has 1 heterocycles. The summed E-state index contributed by atoms with van der Waals surface area (Å²) in [4.78, 5) is 15.5. The predicted molar refractivity (Wildman–Crippen MR) is 134 cm³/mol. The van der Waals surface area contributed by atoms with Crippen molar-refractivity contribution in [2.45, 2.75) is 52.0 Å². The van der Waals surface area contributed by atoms with E-state index in [1.54, 1.807) is 13.0 Å². The average Bonchev–Trinajstić information content (AvgIpc) is 3.21. The highest BCUT2D eigenvalue weighted by Crippen LogP contribution is 2.28. The summed E-state index contributed by atoms with van der Waals surface area (Å²) >= 11 is 6.06. The molecule has 1 amide bonds. The third kappa shape index (κ3) is 6.98. The topological polar surface area (TPSA) is 73.4 Å². The first-order valence-corrected chi connectivity index (χ1v) is 11.7. The van der Waals surface area contributed by atoms with Crippen molar-refractivity contribution in [3.63, 3.8) is 0 Å². The van der Waals surface area contributed by atoms with Crippen LogP contribution in [0.4, 0.5) is 5.69 Å². The van der Waals surface area contributed by atoms with Crippen LogP contribution in [0.5, 0.6) is 0 Å². The molecule has 1 saturated carbocycles. The minimum atomic E-state index is -0.360. The van der Waals surface area contributed by atoms with Crippen molar-refractivity contribution in [2.75, 3.05) is 31.6 Å². The second-order valence-corrected chi connectivity index (χ2v) is 8.84. The molecule has 3 rings (SSSR count). The first-order chi connectivity index (χ1) is 15.3. The van der Waals surface area contributed by atoms with Gasteiger partial charge in [-0.15, -0.1) is 0 Å². The Kier molecular flexibility index (Phi) is 10.0. The molecule has 1 fully saturated rings. The van der Waals surface area contributed by atoms with Crippen LogP contribution in [0.25, 0.3) is 0 Å². The first-order valence-electron chi connectivity index (χ1n) is 11.3. The van der Waals surface area contributed by atoms with Crippen LogP contribution in [0, 0.1) is 11.3 Å². The van der Waals surface area contributed by atoms with Crippen molar-refractivity contribution in [1.29, 1.82) is 5.26 Å². The SMILES string of the molecule is C=CC1=C(/C=C(\C)C(N)=O)CN(CC)C1.CN(c1ccc(C#N)c(Cl)c1)C1CCCCC1. The lowest BCUT2D eigenvalue weighted by Crippen LogP contribution is -2.33. The Balaban J connectivity index is 0.000000229. The maximum absolute atomic E-state index is 10.9. The van der Waals surface area contributed by atoms with Crippen LogP contribution >= 0.6 is 11.6 Å². The van der Waals surface area contributed by atoms with Crippen molar-refractivity contribution < 1.29 is 4.79 Å². The summed E-state index contributed by atoms with van der Waals surface area (Å²) in [6.07, 6.45) is 10.2. The van der Waals surface area contributed by atoms with E-state index in [-0.39, 0.29) is 5.91 Å². The van der Waals surface area contributed by atoms with Gasteiger partial charge < -0.3 is 10.6 Å².